The summed E-state index contributed by atoms with van der Waals surface area (Å²) in [7, 11) is 0. The highest BCUT2D eigenvalue weighted by Crippen LogP contribution is 2.22. The summed E-state index contributed by atoms with van der Waals surface area (Å²) in [6.07, 6.45) is 8.12. The molecule has 0 bridgehead atoms. The second kappa shape index (κ2) is 5.28. The van der Waals surface area contributed by atoms with Crippen molar-refractivity contribution in [2.24, 2.45) is 0 Å². The van der Waals surface area contributed by atoms with Crippen molar-refractivity contribution in [1.82, 2.24) is 24.9 Å². The van der Waals surface area contributed by atoms with Crippen LogP contribution in [-0.4, -0.2) is 48.5 Å². The van der Waals surface area contributed by atoms with E-state index in [9.17, 15) is 9.90 Å². The van der Waals surface area contributed by atoms with E-state index >= 15 is 0 Å². The number of rotatable bonds is 3. The molecule has 1 aliphatic rings. The number of pyridine rings is 1. The highest BCUT2D eigenvalue weighted by molar-refractivity contribution is 5.94. The molecule has 7 heteroatoms. The van der Waals surface area contributed by atoms with Crippen molar-refractivity contribution < 1.29 is 9.90 Å². The first-order valence-electron chi connectivity index (χ1n) is 6.53. The van der Waals surface area contributed by atoms with E-state index in [0.717, 1.165) is 12.8 Å². The lowest BCUT2D eigenvalue weighted by Crippen LogP contribution is -2.38. The smallest absolute Gasteiger partial charge is 0.255 e. The molecule has 2 aromatic rings. The Bertz CT molecular complexity index is 599. The van der Waals surface area contributed by atoms with Crippen LogP contribution < -0.4 is 0 Å². The van der Waals surface area contributed by atoms with E-state index in [1.165, 1.54) is 18.5 Å². The first-order valence-corrected chi connectivity index (χ1v) is 6.53. The van der Waals surface area contributed by atoms with Crippen molar-refractivity contribution in [3.05, 3.63) is 36.4 Å². The Morgan fingerprint density at radius 2 is 2.35 bits per heavy atom. The maximum Gasteiger partial charge on any atom is 0.255 e. The monoisotopic (exact) mass is 273 g/mol. The number of hydrogen-bond acceptors (Lipinski definition) is 5. The number of nitrogens with zero attached hydrogens (tertiary/aromatic N) is 5. The molecule has 1 fully saturated rings. The Kier molecular flexibility index (Phi) is 3.32. The van der Waals surface area contributed by atoms with Gasteiger partial charge in [-0.3, -0.25) is 14.5 Å². The van der Waals surface area contributed by atoms with Crippen LogP contribution >= 0.6 is 0 Å². The Balaban J connectivity index is 1.76. The Hall–Kier alpha value is -2.44. The van der Waals surface area contributed by atoms with Gasteiger partial charge in [0, 0.05) is 18.9 Å². The summed E-state index contributed by atoms with van der Waals surface area (Å²) in [6, 6.07) is 1.55. The third-order valence-corrected chi connectivity index (χ3v) is 3.48. The zero-order valence-corrected chi connectivity index (χ0v) is 10.9. The Morgan fingerprint density at radius 3 is 3.10 bits per heavy atom. The molecule has 1 amide bonds. The number of aromatic nitrogens is 4. The fourth-order valence-electron chi connectivity index (χ4n) is 2.55. The average molecular weight is 273 g/mol. The molecule has 2 aromatic heterocycles. The molecule has 1 aliphatic heterocycles. The second-order valence-corrected chi connectivity index (χ2v) is 4.85. The van der Waals surface area contributed by atoms with Crippen molar-refractivity contribution in [3.63, 3.8) is 0 Å². The van der Waals surface area contributed by atoms with Gasteiger partial charge in [0.1, 0.15) is 5.75 Å². The minimum Gasteiger partial charge on any atom is -0.506 e. The molecule has 0 aromatic carbocycles. The van der Waals surface area contributed by atoms with Crippen LogP contribution in [0.3, 0.4) is 0 Å². The number of carbonyl (C=O) groups excluding carboxylic acids is 1. The molecular weight excluding hydrogens is 258 g/mol. The predicted octanol–water partition coefficient (Wildman–Crippen LogP) is 0.683. The third kappa shape index (κ3) is 2.47. The molecule has 1 atom stereocenters. The molecule has 0 aliphatic carbocycles. The van der Waals surface area contributed by atoms with Gasteiger partial charge in [-0.2, -0.15) is 0 Å². The summed E-state index contributed by atoms with van der Waals surface area (Å²) in [5.74, 6) is -0.0983. The van der Waals surface area contributed by atoms with Crippen molar-refractivity contribution in [3.8, 4) is 5.75 Å². The lowest BCUT2D eigenvalue weighted by atomic mass is 10.2. The summed E-state index contributed by atoms with van der Waals surface area (Å²) in [5, 5.41) is 17.1. The lowest BCUT2D eigenvalue weighted by Gasteiger charge is -2.24. The molecular formula is C13H15N5O2. The second-order valence-electron chi connectivity index (χ2n) is 4.85. The molecule has 1 N–H and O–H groups in total. The summed E-state index contributed by atoms with van der Waals surface area (Å²) < 4.78 is 1.73. The highest BCUT2D eigenvalue weighted by Gasteiger charge is 2.30. The Morgan fingerprint density at radius 1 is 1.45 bits per heavy atom. The molecule has 0 unspecified atom stereocenters. The van der Waals surface area contributed by atoms with Gasteiger partial charge >= 0.3 is 0 Å². The summed E-state index contributed by atoms with van der Waals surface area (Å²) in [5.41, 5.74) is 0.412. The summed E-state index contributed by atoms with van der Waals surface area (Å²) in [6.45, 7) is 1.35. The summed E-state index contributed by atoms with van der Waals surface area (Å²) in [4.78, 5) is 18.1. The maximum absolute atomic E-state index is 12.5. The van der Waals surface area contributed by atoms with Crippen molar-refractivity contribution in [2.45, 2.75) is 25.4 Å². The van der Waals surface area contributed by atoms with Crippen LogP contribution in [0.2, 0.25) is 0 Å². The zero-order valence-electron chi connectivity index (χ0n) is 10.9. The lowest BCUT2D eigenvalue weighted by molar-refractivity contribution is 0.0720. The van der Waals surface area contributed by atoms with Crippen LogP contribution in [0.5, 0.6) is 5.75 Å². The van der Waals surface area contributed by atoms with Gasteiger partial charge in [-0.05, 0) is 18.9 Å². The van der Waals surface area contributed by atoms with Gasteiger partial charge in [0.25, 0.3) is 5.91 Å². The van der Waals surface area contributed by atoms with E-state index in [2.05, 4.69) is 15.3 Å². The topological polar surface area (TPSA) is 84.1 Å². The fourth-order valence-corrected chi connectivity index (χ4v) is 2.55. The van der Waals surface area contributed by atoms with Crippen LogP contribution in [0.1, 0.15) is 23.2 Å². The van der Waals surface area contributed by atoms with E-state index in [-0.39, 0.29) is 17.7 Å². The fraction of sp³-hybridized carbons (Fsp3) is 0.385. The number of aromatic hydroxyl groups is 1. The van der Waals surface area contributed by atoms with E-state index in [0.29, 0.717) is 18.7 Å². The molecule has 1 saturated heterocycles. The standard InChI is InChI=1S/C13H15N5O2/c19-12-6-10(7-14-8-12)13(20)18-4-1-2-11(18)9-17-5-3-15-16-17/h3,5-8,11,19H,1-2,4,9H2/t11-/m0/s1. The molecule has 20 heavy (non-hydrogen) atoms. The van der Waals surface area contributed by atoms with Gasteiger partial charge in [-0.25, -0.2) is 0 Å². The SMILES string of the molecule is O=C(c1cncc(O)c1)N1CCC[C@H]1Cn1ccnn1. The van der Waals surface area contributed by atoms with Crippen molar-refractivity contribution >= 4 is 5.91 Å². The zero-order chi connectivity index (χ0) is 13.9. The Labute approximate surface area is 115 Å². The third-order valence-electron chi connectivity index (χ3n) is 3.48. The molecule has 0 spiro atoms. The largest absolute Gasteiger partial charge is 0.506 e. The highest BCUT2D eigenvalue weighted by atomic mass is 16.3. The van der Waals surface area contributed by atoms with E-state index < -0.39 is 0 Å². The maximum atomic E-state index is 12.5. The van der Waals surface area contributed by atoms with Gasteiger partial charge in [0.15, 0.2) is 0 Å². The number of amides is 1. The van der Waals surface area contributed by atoms with Gasteiger partial charge in [0.2, 0.25) is 0 Å². The van der Waals surface area contributed by atoms with Gasteiger partial charge in [-0.1, -0.05) is 5.21 Å². The molecule has 104 valence electrons. The molecule has 0 radical (unpaired) electrons. The van der Waals surface area contributed by atoms with E-state index in [1.807, 2.05) is 4.90 Å². The normalized spacial score (nSPS) is 18.4. The van der Waals surface area contributed by atoms with Crippen LogP contribution in [0.4, 0.5) is 0 Å². The number of hydrogen-bond donors (Lipinski definition) is 1. The van der Waals surface area contributed by atoms with Crippen molar-refractivity contribution in [2.75, 3.05) is 6.54 Å². The molecule has 3 rings (SSSR count). The molecule has 7 nitrogen and oxygen atoms in total. The first-order chi connectivity index (χ1) is 9.74. The van der Waals surface area contributed by atoms with E-state index in [1.54, 1.807) is 17.1 Å². The van der Waals surface area contributed by atoms with Gasteiger partial charge in [0.05, 0.1) is 30.5 Å². The quantitative estimate of drug-likeness (QED) is 0.889. The van der Waals surface area contributed by atoms with E-state index in [4.69, 9.17) is 0 Å². The first kappa shape index (κ1) is 12.6. The van der Waals surface area contributed by atoms with Gasteiger partial charge in [-0.15, -0.1) is 5.10 Å². The predicted molar refractivity (Wildman–Crippen MR) is 70.0 cm³/mol. The van der Waals surface area contributed by atoms with Crippen LogP contribution in [-0.2, 0) is 6.54 Å². The molecule has 3 heterocycles. The minimum absolute atomic E-state index is 0.00266. The van der Waals surface area contributed by atoms with Crippen molar-refractivity contribution in [1.29, 1.82) is 0 Å². The minimum atomic E-state index is -0.101. The number of likely N-dealkylation sites (tertiary alicyclic amines) is 1. The molecule has 0 saturated carbocycles. The average Bonchev–Trinajstić information content (AvgIpc) is 3.10. The number of carbonyl (C=O) groups is 1. The van der Waals surface area contributed by atoms with Crippen LogP contribution in [0.25, 0.3) is 0 Å². The van der Waals surface area contributed by atoms with Gasteiger partial charge < -0.3 is 10.0 Å². The summed E-state index contributed by atoms with van der Waals surface area (Å²) >= 11 is 0. The van der Waals surface area contributed by atoms with Crippen LogP contribution in [0, 0.1) is 0 Å². The van der Waals surface area contributed by atoms with Crippen LogP contribution in [0.15, 0.2) is 30.9 Å².